The summed E-state index contributed by atoms with van der Waals surface area (Å²) in [6.07, 6.45) is -2.81. The van der Waals surface area contributed by atoms with E-state index in [9.17, 15) is 22.8 Å². The molecule has 2 rings (SSSR count). The molecule has 0 aliphatic heterocycles. The largest absolute Gasteiger partial charge is 0.444 e. The van der Waals surface area contributed by atoms with Gasteiger partial charge in [-0.05, 0) is 57.5 Å². The van der Waals surface area contributed by atoms with Gasteiger partial charge < -0.3 is 19.4 Å². The molecular weight excluding hydrogens is 543 g/mol. The van der Waals surface area contributed by atoms with Crippen LogP contribution in [0, 0.1) is 0 Å². The van der Waals surface area contributed by atoms with Crippen molar-refractivity contribution in [2.75, 3.05) is 11.4 Å². The van der Waals surface area contributed by atoms with Gasteiger partial charge in [-0.1, -0.05) is 11.3 Å². The molecule has 0 aromatic carbocycles. The number of aromatic nitrogens is 3. The van der Waals surface area contributed by atoms with E-state index < -0.39 is 41.3 Å². The van der Waals surface area contributed by atoms with Gasteiger partial charge in [0.15, 0.2) is 10.8 Å². The summed E-state index contributed by atoms with van der Waals surface area (Å²) in [7, 11) is 0. The molecule has 0 bridgehead atoms. The molecule has 0 spiro atoms. The smallest absolute Gasteiger partial charge is 0.434 e. The van der Waals surface area contributed by atoms with Crippen molar-refractivity contribution in [2.45, 2.75) is 71.5 Å². The number of alkyl carbamates (subject to hydrolysis) is 1. The summed E-state index contributed by atoms with van der Waals surface area (Å²) < 4.78 is 51.5. The molecule has 9 nitrogen and oxygen atoms in total. The molecule has 0 aliphatic carbocycles. The number of carbonyl (C=O) groups is 2. The monoisotopic (exact) mass is 569 g/mol. The molecule has 0 fully saturated rings. The van der Waals surface area contributed by atoms with Crippen LogP contribution in [0.1, 0.15) is 47.2 Å². The molecule has 0 unspecified atom stereocenters. The number of thiazole rings is 1. The topological polar surface area (TPSA) is 98.6 Å². The van der Waals surface area contributed by atoms with E-state index in [2.05, 4.69) is 31.2 Å². The highest BCUT2D eigenvalue weighted by Crippen LogP contribution is 2.29. The van der Waals surface area contributed by atoms with Gasteiger partial charge in [-0.3, -0.25) is 4.90 Å². The predicted molar refractivity (Wildman–Crippen MR) is 124 cm³/mol. The van der Waals surface area contributed by atoms with Crippen molar-refractivity contribution in [3.8, 4) is 0 Å². The Bertz CT molecular complexity index is 997. The van der Waals surface area contributed by atoms with Gasteiger partial charge in [0.2, 0.25) is 0 Å². The van der Waals surface area contributed by atoms with Gasteiger partial charge >= 0.3 is 18.4 Å². The maximum Gasteiger partial charge on any atom is 0.434 e. The number of hydrogen-bond acceptors (Lipinski definition) is 7. The molecule has 34 heavy (non-hydrogen) atoms. The number of amides is 2. The van der Waals surface area contributed by atoms with Gasteiger partial charge in [0.25, 0.3) is 0 Å². The van der Waals surface area contributed by atoms with E-state index in [0.717, 1.165) is 23.9 Å². The molecule has 2 aromatic rings. The fourth-order valence-corrected chi connectivity index (χ4v) is 3.80. The summed E-state index contributed by atoms with van der Waals surface area (Å²) in [6, 6.07) is -0.875. The zero-order valence-electron chi connectivity index (χ0n) is 19.6. The summed E-state index contributed by atoms with van der Waals surface area (Å²) in [5.74, 6) is 0. The first kappa shape index (κ1) is 27.9. The van der Waals surface area contributed by atoms with Crippen molar-refractivity contribution in [2.24, 2.45) is 0 Å². The molecule has 2 amide bonds. The van der Waals surface area contributed by atoms with Gasteiger partial charge in [-0.15, -0.1) is 0 Å². The molecule has 14 heteroatoms. The Kier molecular flexibility index (Phi) is 8.62. The number of nitrogens with zero attached hydrogens (tertiary/aromatic N) is 4. The summed E-state index contributed by atoms with van der Waals surface area (Å²) in [5, 5.41) is 2.90. The van der Waals surface area contributed by atoms with E-state index in [1.54, 1.807) is 41.5 Å². The first-order valence-electron chi connectivity index (χ1n) is 10.1. The average Bonchev–Trinajstić information content (AvgIpc) is 3.25. The predicted octanol–water partition coefficient (Wildman–Crippen LogP) is 5.46. The number of anilines is 1. The number of imidazole rings is 1. The maximum atomic E-state index is 13.0. The number of nitrogens with one attached hydrogen (secondary N) is 1. The van der Waals surface area contributed by atoms with E-state index in [-0.39, 0.29) is 18.2 Å². The molecule has 1 N–H and O–H groups in total. The molecule has 2 heterocycles. The summed E-state index contributed by atoms with van der Waals surface area (Å²) in [5.41, 5.74) is -2.70. The van der Waals surface area contributed by atoms with E-state index in [0.29, 0.717) is 3.79 Å². The highest BCUT2D eigenvalue weighted by Gasteiger charge is 2.34. The van der Waals surface area contributed by atoms with Crippen LogP contribution in [0.3, 0.4) is 0 Å². The number of halogens is 4. The summed E-state index contributed by atoms with van der Waals surface area (Å²) in [4.78, 5) is 34.2. The Balaban J connectivity index is 2.34. The van der Waals surface area contributed by atoms with Crippen LogP contribution in [-0.4, -0.2) is 50.5 Å². The van der Waals surface area contributed by atoms with Crippen molar-refractivity contribution in [3.05, 3.63) is 28.2 Å². The standard InChI is InChI=1S/C20H27BrF3N5O4S/c1-18(2,3)32-16(30)27-12(8-28-10-13(26-11-28)20(22,23)24)9-29(15-25-7-14(21)34-15)17(31)33-19(4,5)6/h7,10-12H,8-9H2,1-6H3,(H,27,30)/t12-/m0/s1. The normalized spacial score (nSPS) is 13.4. The number of hydrogen-bond donors (Lipinski definition) is 1. The Morgan fingerprint density at radius 1 is 1.15 bits per heavy atom. The number of rotatable bonds is 6. The highest BCUT2D eigenvalue weighted by atomic mass is 79.9. The van der Waals surface area contributed by atoms with Crippen molar-refractivity contribution >= 4 is 44.6 Å². The quantitative estimate of drug-likeness (QED) is 0.496. The first-order chi connectivity index (χ1) is 15.4. The molecule has 1 atom stereocenters. The van der Waals surface area contributed by atoms with Gasteiger partial charge in [-0.25, -0.2) is 19.6 Å². The summed E-state index contributed by atoms with van der Waals surface area (Å²) >= 11 is 4.45. The third kappa shape index (κ3) is 9.12. The molecule has 0 aliphatic rings. The number of carbonyl (C=O) groups excluding carboxylic acids is 2. The van der Waals surface area contributed by atoms with Crippen molar-refractivity contribution < 1.29 is 32.2 Å². The Labute approximate surface area is 207 Å². The van der Waals surface area contributed by atoms with E-state index in [4.69, 9.17) is 9.47 Å². The van der Waals surface area contributed by atoms with Crippen LogP contribution in [0.4, 0.5) is 27.9 Å². The van der Waals surface area contributed by atoms with Crippen molar-refractivity contribution in [3.63, 3.8) is 0 Å². The lowest BCUT2D eigenvalue weighted by molar-refractivity contribution is -0.141. The van der Waals surface area contributed by atoms with Crippen LogP contribution in [0.5, 0.6) is 0 Å². The zero-order valence-corrected chi connectivity index (χ0v) is 22.0. The second kappa shape index (κ2) is 10.5. The minimum atomic E-state index is -4.62. The zero-order chi connectivity index (χ0) is 25.9. The number of alkyl halides is 3. The van der Waals surface area contributed by atoms with Gasteiger partial charge in [0, 0.05) is 12.7 Å². The Hall–Kier alpha value is -2.35. The van der Waals surface area contributed by atoms with Crippen LogP contribution in [-0.2, 0) is 22.2 Å². The van der Waals surface area contributed by atoms with Gasteiger partial charge in [0.1, 0.15) is 11.2 Å². The second-order valence-electron chi connectivity index (χ2n) is 9.33. The maximum absolute atomic E-state index is 13.0. The third-order valence-electron chi connectivity index (χ3n) is 3.79. The van der Waals surface area contributed by atoms with Crippen molar-refractivity contribution in [1.29, 1.82) is 0 Å². The summed E-state index contributed by atoms with van der Waals surface area (Å²) in [6.45, 7) is 9.82. The van der Waals surface area contributed by atoms with E-state index >= 15 is 0 Å². The molecule has 0 saturated heterocycles. The minimum Gasteiger partial charge on any atom is -0.444 e. The third-order valence-corrected chi connectivity index (χ3v) is 5.29. The Morgan fingerprint density at radius 2 is 1.76 bits per heavy atom. The van der Waals surface area contributed by atoms with Crippen LogP contribution in [0.25, 0.3) is 0 Å². The number of ether oxygens (including phenoxy) is 2. The molecule has 0 saturated carbocycles. The minimum absolute atomic E-state index is 0.131. The van der Waals surface area contributed by atoms with E-state index in [1.807, 2.05) is 0 Å². The van der Waals surface area contributed by atoms with Crippen LogP contribution in [0.2, 0.25) is 0 Å². The molecule has 0 radical (unpaired) electrons. The highest BCUT2D eigenvalue weighted by molar-refractivity contribution is 9.11. The molecular formula is C20H27BrF3N5O4S. The fourth-order valence-electron chi connectivity index (χ4n) is 2.62. The molecule has 2 aromatic heterocycles. The van der Waals surface area contributed by atoms with Crippen molar-refractivity contribution in [1.82, 2.24) is 19.9 Å². The SMILES string of the molecule is CC(C)(C)OC(=O)N[C@H](CN(C(=O)OC(C)(C)C)c1ncc(Br)s1)Cn1cnc(C(F)(F)F)c1. The van der Waals surface area contributed by atoms with E-state index in [1.165, 1.54) is 15.7 Å². The Morgan fingerprint density at radius 3 is 2.24 bits per heavy atom. The average molecular weight is 570 g/mol. The van der Waals surface area contributed by atoms with Crippen LogP contribution in [0.15, 0.2) is 22.5 Å². The van der Waals surface area contributed by atoms with Crippen LogP contribution < -0.4 is 10.2 Å². The lowest BCUT2D eigenvalue weighted by Crippen LogP contribution is -2.50. The fraction of sp³-hybridized carbons (Fsp3) is 0.600. The lowest BCUT2D eigenvalue weighted by atomic mass is 10.2. The second-order valence-corrected chi connectivity index (χ2v) is 11.7. The van der Waals surface area contributed by atoms with Crippen LogP contribution >= 0.6 is 27.3 Å². The lowest BCUT2D eigenvalue weighted by Gasteiger charge is -2.30. The van der Waals surface area contributed by atoms with Gasteiger partial charge in [0.05, 0.1) is 28.9 Å². The first-order valence-corrected chi connectivity index (χ1v) is 11.7. The van der Waals surface area contributed by atoms with Gasteiger partial charge in [-0.2, -0.15) is 13.2 Å². The molecule has 190 valence electrons.